The van der Waals surface area contributed by atoms with Crippen molar-refractivity contribution in [2.75, 3.05) is 27.2 Å². The Morgan fingerprint density at radius 1 is 1.43 bits per heavy atom. The summed E-state index contributed by atoms with van der Waals surface area (Å²) in [6, 6.07) is 4.92. The molecule has 1 aromatic heterocycles. The Bertz CT molecular complexity index is 412. The Morgan fingerprint density at radius 3 is 2.95 bits per heavy atom. The molecular weight excluding hydrogens is 262 g/mol. The SMILES string of the molecule is CCCc1cc(CNC)cc(OCCC2CCCN2C)n1. The van der Waals surface area contributed by atoms with Gasteiger partial charge < -0.3 is 15.0 Å². The van der Waals surface area contributed by atoms with Crippen molar-refractivity contribution in [1.82, 2.24) is 15.2 Å². The van der Waals surface area contributed by atoms with Crippen LogP contribution in [-0.4, -0.2) is 43.2 Å². The standard InChI is InChI=1S/C17H29N3O/c1-4-6-15-11-14(13-18-2)12-17(19-15)21-10-8-16-7-5-9-20(16)3/h11-12,16,18H,4-10,13H2,1-3H3. The van der Waals surface area contributed by atoms with Crippen LogP contribution in [0.15, 0.2) is 12.1 Å². The maximum absolute atomic E-state index is 5.92. The van der Waals surface area contributed by atoms with Crippen LogP contribution in [0.5, 0.6) is 5.88 Å². The monoisotopic (exact) mass is 291 g/mol. The topological polar surface area (TPSA) is 37.4 Å². The highest BCUT2D eigenvalue weighted by Crippen LogP contribution is 2.19. The van der Waals surface area contributed by atoms with Gasteiger partial charge >= 0.3 is 0 Å². The Kier molecular flexibility index (Phi) is 6.46. The molecule has 2 rings (SSSR count). The number of ether oxygens (including phenoxy) is 1. The molecule has 1 aliphatic heterocycles. The van der Waals surface area contributed by atoms with Gasteiger partial charge in [0.2, 0.25) is 5.88 Å². The van der Waals surface area contributed by atoms with Gasteiger partial charge in [-0.3, -0.25) is 0 Å². The van der Waals surface area contributed by atoms with E-state index in [2.05, 4.69) is 41.3 Å². The molecule has 118 valence electrons. The third kappa shape index (κ3) is 4.97. The minimum Gasteiger partial charge on any atom is -0.478 e. The fourth-order valence-corrected chi connectivity index (χ4v) is 3.03. The predicted molar refractivity (Wildman–Crippen MR) is 86.8 cm³/mol. The van der Waals surface area contributed by atoms with Crippen molar-refractivity contribution in [1.29, 1.82) is 0 Å². The number of hydrogen-bond acceptors (Lipinski definition) is 4. The fraction of sp³-hybridized carbons (Fsp3) is 0.706. The third-order valence-electron chi connectivity index (χ3n) is 4.17. The van der Waals surface area contributed by atoms with Crippen molar-refractivity contribution >= 4 is 0 Å². The molecule has 1 fully saturated rings. The van der Waals surface area contributed by atoms with E-state index in [9.17, 15) is 0 Å². The van der Waals surface area contributed by atoms with Gasteiger partial charge in [-0.05, 0) is 58.0 Å². The first-order valence-corrected chi connectivity index (χ1v) is 8.20. The molecule has 0 amide bonds. The molecule has 4 heteroatoms. The van der Waals surface area contributed by atoms with Crippen molar-refractivity contribution in [2.45, 2.75) is 51.6 Å². The summed E-state index contributed by atoms with van der Waals surface area (Å²) in [4.78, 5) is 7.07. The van der Waals surface area contributed by atoms with Crippen molar-refractivity contribution < 1.29 is 4.74 Å². The summed E-state index contributed by atoms with van der Waals surface area (Å²) in [5, 5.41) is 3.20. The van der Waals surface area contributed by atoms with Gasteiger partial charge in [-0.25, -0.2) is 4.98 Å². The Morgan fingerprint density at radius 2 is 2.29 bits per heavy atom. The fourth-order valence-electron chi connectivity index (χ4n) is 3.03. The second kappa shape index (κ2) is 8.35. The zero-order valence-corrected chi connectivity index (χ0v) is 13.7. The molecule has 21 heavy (non-hydrogen) atoms. The summed E-state index contributed by atoms with van der Waals surface area (Å²) in [6.45, 7) is 5.03. The van der Waals surface area contributed by atoms with Crippen molar-refractivity contribution in [3.63, 3.8) is 0 Å². The van der Waals surface area contributed by atoms with E-state index in [1.807, 2.05) is 7.05 Å². The Balaban J connectivity index is 1.91. The van der Waals surface area contributed by atoms with E-state index >= 15 is 0 Å². The highest BCUT2D eigenvalue weighted by Gasteiger charge is 2.20. The van der Waals surface area contributed by atoms with E-state index in [1.165, 1.54) is 24.9 Å². The van der Waals surface area contributed by atoms with E-state index in [0.717, 1.165) is 44.0 Å². The summed E-state index contributed by atoms with van der Waals surface area (Å²) in [5.74, 6) is 0.784. The summed E-state index contributed by atoms with van der Waals surface area (Å²) >= 11 is 0. The normalized spacial score (nSPS) is 19.1. The summed E-state index contributed by atoms with van der Waals surface area (Å²) in [6.07, 6.45) is 5.84. The minimum absolute atomic E-state index is 0.681. The molecule has 0 spiro atoms. The molecule has 1 atom stereocenters. The van der Waals surface area contributed by atoms with Crippen LogP contribution in [0.1, 0.15) is 43.9 Å². The first kappa shape index (κ1) is 16.2. The van der Waals surface area contributed by atoms with Crippen molar-refractivity contribution in [2.24, 2.45) is 0 Å². The molecule has 0 bridgehead atoms. The number of pyridine rings is 1. The zero-order chi connectivity index (χ0) is 15.1. The lowest BCUT2D eigenvalue weighted by Crippen LogP contribution is -2.26. The number of aromatic nitrogens is 1. The molecule has 1 aromatic rings. The lowest BCUT2D eigenvalue weighted by molar-refractivity contribution is 0.228. The van der Waals surface area contributed by atoms with Gasteiger partial charge in [-0.2, -0.15) is 0 Å². The second-order valence-corrected chi connectivity index (χ2v) is 6.00. The smallest absolute Gasteiger partial charge is 0.213 e. The van der Waals surface area contributed by atoms with E-state index < -0.39 is 0 Å². The van der Waals surface area contributed by atoms with Crippen molar-refractivity contribution in [3.05, 3.63) is 23.4 Å². The number of aryl methyl sites for hydroxylation is 1. The van der Waals surface area contributed by atoms with Crippen LogP contribution in [0, 0.1) is 0 Å². The van der Waals surface area contributed by atoms with Crippen LogP contribution in [-0.2, 0) is 13.0 Å². The number of nitrogens with one attached hydrogen (secondary N) is 1. The average Bonchev–Trinajstić information content (AvgIpc) is 2.85. The van der Waals surface area contributed by atoms with Crippen LogP contribution in [0.3, 0.4) is 0 Å². The number of nitrogens with zero attached hydrogens (tertiary/aromatic N) is 2. The number of rotatable bonds is 8. The molecule has 1 saturated heterocycles. The van der Waals surface area contributed by atoms with Gasteiger partial charge in [-0.15, -0.1) is 0 Å². The zero-order valence-electron chi connectivity index (χ0n) is 13.7. The first-order valence-electron chi connectivity index (χ1n) is 8.20. The van der Waals surface area contributed by atoms with Crippen LogP contribution >= 0.6 is 0 Å². The van der Waals surface area contributed by atoms with E-state index in [4.69, 9.17) is 4.74 Å². The van der Waals surface area contributed by atoms with Gasteiger partial charge in [-0.1, -0.05) is 13.3 Å². The number of hydrogen-bond donors (Lipinski definition) is 1. The van der Waals surface area contributed by atoms with Crippen LogP contribution in [0.25, 0.3) is 0 Å². The molecule has 1 unspecified atom stereocenters. The van der Waals surface area contributed by atoms with Gasteiger partial charge in [0.1, 0.15) is 0 Å². The van der Waals surface area contributed by atoms with Gasteiger partial charge in [0, 0.05) is 24.3 Å². The Hall–Kier alpha value is -1.13. The molecule has 2 heterocycles. The maximum Gasteiger partial charge on any atom is 0.213 e. The quantitative estimate of drug-likeness (QED) is 0.799. The Labute approximate surface area is 128 Å². The third-order valence-corrected chi connectivity index (χ3v) is 4.17. The van der Waals surface area contributed by atoms with Gasteiger partial charge in [0.15, 0.2) is 0 Å². The lowest BCUT2D eigenvalue weighted by Gasteiger charge is -2.19. The van der Waals surface area contributed by atoms with E-state index in [0.29, 0.717) is 6.04 Å². The molecular formula is C17H29N3O. The summed E-state index contributed by atoms with van der Waals surface area (Å²) < 4.78 is 5.92. The molecule has 1 aliphatic rings. The highest BCUT2D eigenvalue weighted by molar-refractivity contribution is 5.25. The van der Waals surface area contributed by atoms with Crippen LogP contribution in [0.2, 0.25) is 0 Å². The predicted octanol–water partition coefficient (Wildman–Crippen LogP) is 2.62. The average molecular weight is 291 g/mol. The van der Waals surface area contributed by atoms with E-state index in [-0.39, 0.29) is 0 Å². The second-order valence-electron chi connectivity index (χ2n) is 6.00. The van der Waals surface area contributed by atoms with Gasteiger partial charge in [0.05, 0.1) is 6.61 Å². The number of likely N-dealkylation sites (tertiary alicyclic amines) is 1. The molecule has 0 saturated carbocycles. The molecule has 1 N–H and O–H groups in total. The molecule has 0 aliphatic carbocycles. The summed E-state index contributed by atoms with van der Waals surface area (Å²) in [5.41, 5.74) is 2.39. The maximum atomic E-state index is 5.92. The lowest BCUT2D eigenvalue weighted by atomic mass is 10.1. The molecule has 4 nitrogen and oxygen atoms in total. The first-order chi connectivity index (χ1) is 10.2. The summed E-state index contributed by atoms with van der Waals surface area (Å²) in [7, 11) is 4.18. The molecule has 0 aromatic carbocycles. The van der Waals surface area contributed by atoms with E-state index in [1.54, 1.807) is 0 Å². The highest BCUT2D eigenvalue weighted by atomic mass is 16.5. The van der Waals surface area contributed by atoms with Crippen LogP contribution < -0.4 is 10.1 Å². The van der Waals surface area contributed by atoms with Crippen LogP contribution in [0.4, 0.5) is 0 Å². The van der Waals surface area contributed by atoms with Gasteiger partial charge in [0.25, 0.3) is 0 Å². The minimum atomic E-state index is 0.681. The van der Waals surface area contributed by atoms with Crippen molar-refractivity contribution in [3.8, 4) is 5.88 Å². The largest absolute Gasteiger partial charge is 0.478 e. The molecule has 0 radical (unpaired) electrons.